The lowest BCUT2D eigenvalue weighted by Crippen LogP contribution is -1.99. The Bertz CT molecular complexity index is 583. The Morgan fingerprint density at radius 2 is 1.08 bits per heavy atom. The Hall–Kier alpha value is -1.39. The normalized spacial score (nSPS) is 11.1. The first kappa shape index (κ1) is 20.7. The van der Waals surface area contributed by atoms with Gasteiger partial charge in [0.05, 0.1) is 26.3 Å². The fourth-order valence-electron chi connectivity index (χ4n) is 1.80. The van der Waals surface area contributed by atoms with Crippen LogP contribution in [0.5, 0.6) is 0 Å². The molecule has 0 aliphatic heterocycles. The minimum absolute atomic E-state index is 0. The fourth-order valence-corrected chi connectivity index (χ4v) is 2.05. The van der Waals surface area contributed by atoms with Gasteiger partial charge in [-0.25, -0.2) is 0 Å². The zero-order chi connectivity index (χ0) is 16.3. The highest BCUT2D eigenvalue weighted by molar-refractivity contribution is 6.30. The topological polar surface area (TPSA) is 34.0 Å². The lowest BCUT2D eigenvalue weighted by atomic mass is 10.2. The molecule has 24 heavy (non-hydrogen) atoms. The van der Waals surface area contributed by atoms with Crippen LogP contribution < -0.4 is 0 Å². The van der Waals surface area contributed by atoms with Crippen molar-refractivity contribution in [2.45, 2.75) is 13.1 Å². The van der Waals surface area contributed by atoms with E-state index in [2.05, 4.69) is 9.98 Å². The maximum absolute atomic E-state index is 5.83. The average Bonchev–Trinajstić information content (AvgIpc) is 2.56. The van der Waals surface area contributed by atoms with Crippen molar-refractivity contribution in [1.29, 1.82) is 0 Å². The lowest BCUT2D eigenvalue weighted by molar-refractivity contribution is 0.220. The molecule has 3 nitrogen and oxygen atoms in total. The first-order valence-electron chi connectivity index (χ1n) is 7.27. The van der Waals surface area contributed by atoms with Crippen molar-refractivity contribution in [3.05, 3.63) is 69.7 Å². The third kappa shape index (κ3) is 8.46. The summed E-state index contributed by atoms with van der Waals surface area (Å²) < 4.78 is 5.41. The summed E-state index contributed by atoms with van der Waals surface area (Å²) in [4.78, 5) is 8.59. The molecule has 0 saturated carbocycles. The molecular weight excluding hydrogens is 367 g/mol. The Labute approximate surface area is 158 Å². The molecule has 0 heterocycles. The van der Waals surface area contributed by atoms with Gasteiger partial charge in [-0.05, 0) is 35.4 Å². The smallest absolute Gasteiger partial charge is 0.0819 e. The van der Waals surface area contributed by atoms with Crippen molar-refractivity contribution in [3.63, 3.8) is 0 Å². The van der Waals surface area contributed by atoms with Crippen LogP contribution >= 0.6 is 35.6 Å². The number of halogens is 3. The number of ether oxygens (including phenoxy) is 1. The SMILES string of the molecule is Cl.Clc1ccc(CN=CCOCC=NCc2ccc(Cl)cc2)cc1. The maximum Gasteiger partial charge on any atom is 0.0819 e. The van der Waals surface area contributed by atoms with Crippen LogP contribution in [0.2, 0.25) is 10.0 Å². The van der Waals surface area contributed by atoms with Crippen molar-refractivity contribution >= 4 is 48.0 Å². The molecular formula is C18H19Cl3N2O. The minimum atomic E-state index is 0. The quantitative estimate of drug-likeness (QED) is 0.450. The van der Waals surface area contributed by atoms with Gasteiger partial charge < -0.3 is 4.74 Å². The van der Waals surface area contributed by atoms with Crippen molar-refractivity contribution < 1.29 is 4.74 Å². The van der Waals surface area contributed by atoms with Crippen LogP contribution in [0.3, 0.4) is 0 Å². The minimum Gasteiger partial charge on any atom is -0.370 e. The summed E-state index contributed by atoms with van der Waals surface area (Å²) in [5, 5.41) is 1.47. The number of hydrogen-bond acceptors (Lipinski definition) is 3. The van der Waals surface area contributed by atoms with Crippen LogP contribution in [-0.4, -0.2) is 25.6 Å². The second kappa shape index (κ2) is 12.0. The predicted octanol–water partition coefficient (Wildman–Crippen LogP) is 5.27. The molecule has 0 radical (unpaired) electrons. The highest BCUT2D eigenvalue weighted by Crippen LogP contribution is 2.10. The molecule has 0 aromatic heterocycles. The molecule has 2 aromatic carbocycles. The molecule has 0 amide bonds. The van der Waals surface area contributed by atoms with Crippen LogP contribution in [0.25, 0.3) is 0 Å². The lowest BCUT2D eigenvalue weighted by Gasteiger charge is -1.98. The van der Waals surface area contributed by atoms with E-state index in [1.165, 1.54) is 0 Å². The summed E-state index contributed by atoms with van der Waals surface area (Å²) in [6, 6.07) is 15.3. The van der Waals surface area contributed by atoms with E-state index in [1.807, 2.05) is 48.5 Å². The molecule has 0 fully saturated rings. The van der Waals surface area contributed by atoms with Crippen LogP contribution in [-0.2, 0) is 17.8 Å². The summed E-state index contributed by atoms with van der Waals surface area (Å²) in [7, 11) is 0. The molecule has 0 N–H and O–H groups in total. The van der Waals surface area contributed by atoms with E-state index in [0.29, 0.717) is 26.3 Å². The van der Waals surface area contributed by atoms with Crippen molar-refractivity contribution in [1.82, 2.24) is 0 Å². The molecule has 0 bridgehead atoms. The Morgan fingerprint density at radius 3 is 1.46 bits per heavy atom. The Balaban J connectivity index is 0.00000288. The number of rotatable bonds is 8. The molecule has 0 atom stereocenters. The molecule has 0 aliphatic carbocycles. The van der Waals surface area contributed by atoms with Gasteiger partial charge in [0.2, 0.25) is 0 Å². The van der Waals surface area contributed by atoms with E-state index in [4.69, 9.17) is 27.9 Å². The van der Waals surface area contributed by atoms with Crippen LogP contribution in [0.4, 0.5) is 0 Å². The standard InChI is InChI=1S/C18H18Cl2N2O.ClH/c19-17-5-1-15(2-6-17)13-21-9-11-23-12-10-22-14-16-3-7-18(20)8-4-16;/h1-10H,11-14H2;1H. The van der Waals surface area contributed by atoms with Gasteiger partial charge in [0.15, 0.2) is 0 Å². The second-order valence-corrected chi connectivity index (χ2v) is 5.71. The monoisotopic (exact) mass is 384 g/mol. The number of hydrogen-bond donors (Lipinski definition) is 0. The molecule has 0 saturated heterocycles. The van der Waals surface area contributed by atoms with Gasteiger partial charge in [-0.2, -0.15) is 0 Å². The van der Waals surface area contributed by atoms with Gasteiger partial charge in [0, 0.05) is 22.5 Å². The van der Waals surface area contributed by atoms with E-state index in [0.717, 1.165) is 21.2 Å². The van der Waals surface area contributed by atoms with Crippen LogP contribution in [0.1, 0.15) is 11.1 Å². The average molecular weight is 386 g/mol. The van der Waals surface area contributed by atoms with E-state index in [1.54, 1.807) is 12.4 Å². The van der Waals surface area contributed by atoms with E-state index in [-0.39, 0.29) is 12.4 Å². The third-order valence-electron chi connectivity index (χ3n) is 3.02. The molecule has 2 rings (SSSR count). The fraction of sp³-hybridized carbons (Fsp3) is 0.222. The van der Waals surface area contributed by atoms with Gasteiger partial charge in [-0.3, -0.25) is 9.98 Å². The number of nitrogens with zero attached hydrogens (tertiary/aromatic N) is 2. The molecule has 0 unspecified atom stereocenters. The van der Waals surface area contributed by atoms with Gasteiger partial charge in [-0.15, -0.1) is 12.4 Å². The number of aliphatic imine (C=N–C) groups is 2. The van der Waals surface area contributed by atoms with E-state index in [9.17, 15) is 0 Å². The van der Waals surface area contributed by atoms with Gasteiger partial charge in [-0.1, -0.05) is 47.5 Å². The predicted molar refractivity (Wildman–Crippen MR) is 105 cm³/mol. The van der Waals surface area contributed by atoms with Crippen molar-refractivity contribution in [2.75, 3.05) is 13.2 Å². The summed E-state index contributed by atoms with van der Waals surface area (Å²) in [5.41, 5.74) is 2.24. The first-order valence-corrected chi connectivity index (χ1v) is 8.03. The molecule has 0 aliphatic rings. The summed E-state index contributed by atoms with van der Waals surface area (Å²) in [6.07, 6.45) is 3.53. The zero-order valence-electron chi connectivity index (χ0n) is 13.1. The third-order valence-corrected chi connectivity index (χ3v) is 3.52. The number of benzene rings is 2. The van der Waals surface area contributed by atoms with Gasteiger partial charge >= 0.3 is 0 Å². The summed E-state index contributed by atoms with van der Waals surface area (Å²) >= 11 is 11.7. The highest BCUT2D eigenvalue weighted by Gasteiger charge is 1.91. The molecule has 6 heteroatoms. The Morgan fingerprint density at radius 1 is 0.708 bits per heavy atom. The zero-order valence-corrected chi connectivity index (χ0v) is 15.4. The maximum atomic E-state index is 5.83. The Kier molecular flexibility index (Phi) is 10.4. The summed E-state index contributed by atoms with van der Waals surface area (Å²) in [6.45, 7) is 2.21. The van der Waals surface area contributed by atoms with Gasteiger partial charge in [0.1, 0.15) is 0 Å². The van der Waals surface area contributed by atoms with Gasteiger partial charge in [0.25, 0.3) is 0 Å². The first-order chi connectivity index (χ1) is 11.2. The highest BCUT2D eigenvalue weighted by atomic mass is 35.5. The molecule has 128 valence electrons. The van der Waals surface area contributed by atoms with E-state index >= 15 is 0 Å². The van der Waals surface area contributed by atoms with E-state index < -0.39 is 0 Å². The second-order valence-electron chi connectivity index (χ2n) is 4.84. The van der Waals surface area contributed by atoms with Crippen molar-refractivity contribution in [2.24, 2.45) is 9.98 Å². The van der Waals surface area contributed by atoms with Crippen LogP contribution in [0.15, 0.2) is 58.5 Å². The summed E-state index contributed by atoms with van der Waals surface area (Å²) in [5.74, 6) is 0. The largest absolute Gasteiger partial charge is 0.370 e. The van der Waals surface area contributed by atoms with Crippen LogP contribution in [0, 0.1) is 0 Å². The molecule has 0 spiro atoms. The molecule has 2 aromatic rings. The van der Waals surface area contributed by atoms with Crippen molar-refractivity contribution in [3.8, 4) is 0 Å².